The third-order valence-electron chi connectivity index (χ3n) is 11.3. The average Bonchev–Trinajstić information content (AvgIpc) is 3.86. The Morgan fingerprint density at radius 3 is 2.33 bits per heavy atom. The van der Waals surface area contributed by atoms with E-state index in [1.54, 1.807) is 12.1 Å². The molecule has 2 aromatic rings. The number of fused-ring (bicyclic) bond motifs is 1. The van der Waals surface area contributed by atoms with E-state index in [4.69, 9.17) is 16.4 Å². The number of hydroxylamine groups is 1. The molecule has 1 saturated carbocycles. The fourth-order valence-electron chi connectivity index (χ4n) is 8.41. The van der Waals surface area contributed by atoms with Gasteiger partial charge in [0.2, 0.25) is 23.5 Å². The third-order valence-corrected chi connectivity index (χ3v) is 11.5. The lowest BCUT2D eigenvalue weighted by Gasteiger charge is -2.36. The molecule has 0 radical (unpaired) electrons. The standard InChI is InChI=1S/C42H54ClN5O6/c1-5-12-32(36(50)39(52)44-31-21-27-15-9-10-16-28(27)22-31)45-38(51)34-24-42(23-33(47-54-42)29-17-11-18-30(43)20-29)25-48(34)40(53)37(41(2,3)4)46-35(49)19-26-13-7-6-8-14-26/h9-11,15-18,20,23,26,31-32,34,37,47H,5-8,12-14,19,21-22,24-25H2,1-4H3,(H,44,52)(H,45,51)(H,46,49)/t32-,34-,37+,42+/m0/s1. The quantitative estimate of drug-likeness (QED) is 0.218. The maximum atomic E-state index is 14.7. The second-order valence-electron chi connectivity index (χ2n) is 16.7. The summed E-state index contributed by atoms with van der Waals surface area (Å²) in [6.07, 6.45) is 9.70. The summed E-state index contributed by atoms with van der Waals surface area (Å²) >= 11 is 6.28. The van der Waals surface area contributed by atoms with Crippen LogP contribution in [0.5, 0.6) is 0 Å². The molecule has 0 bridgehead atoms. The Kier molecular flexibility index (Phi) is 12.2. The number of likely N-dealkylation sites (tertiary alicyclic amines) is 1. The first-order valence-electron chi connectivity index (χ1n) is 19.5. The number of hydrogen-bond acceptors (Lipinski definition) is 7. The molecule has 2 aliphatic carbocycles. The molecule has 4 amide bonds. The number of nitrogens with zero attached hydrogens (tertiary/aromatic N) is 1. The molecule has 11 nitrogen and oxygen atoms in total. The summed E-state index contributed by atoms with van der Waals surface area (Å²) in [5.41, 5.74) is 4.90. The van der Waals surface area contributed by atoms with Crippen molar-refractivity contribution in [2.75, 3.05) is 6.54 Å². The van der Waals surface area contributed by atoms with Crippen LogP contribution >= 0.6 is 11.6 Å². The number of carbonyl (C=O) groups is 5. The molecule has 1 saturated heterocycles. The Bertz CT molecular complexity index is 1760. The smallest absolute Gasteiger partial charge is 0.289 e. The van der Waals surface area contributed by atoms with Gasteiger partial charge in [0.1, 0.15) is 17.7 Å². The number of amides is 4. The first-order chi connectivity index (χ1) is 25.7. The van der Waals surface area contributed by atoms with E-state index in [0.29, 0.717) is 36.4 Å². The van der Waals surface area contributed by atoms with Gasteiger partial charge in [-0.25, -0.2) is 0 Å². The monoisotopic (exact) mass is 759 g/mol. The van der Waals surface area contributed by atoms with Gasteiger partial charge in [0.15, 0.2) is 0 Å². The summed E-state index contributed by atoms with van der Waals surface area (Å²) in [5.74, 6) is -2.35. The fraction of sp³-hybridized carbons (Fsp3) is 0.548. The zero-order chi connectivity index (χ0) is 38.6. The van der Waals surface area contributed by atoms with Crippen molar-refractivity contribution in [1.29, 1.82) is 0 Å². The Labute approximate surface area is 323 Å². The number of halogens is 1. The van der Waals surface area contributed by atoms with Crippen LogP contribution in [-0.4, -0.2) is 70.6 Å². The number of rotatable bonds is 12. The van der Waals surface area contributed by atoms with Crippen LogP contribution in [0.4, 0.5) is 0 Å². The first kappa shape index (κ1) is 39.5. The molecule has 2 fully saturated rings. The molecule has 2 aromatic carbocycles. The second kappa shape index (κ2) is 16.7. The van der Waals surface area contributed by atoms with Crippen LogP contribution in [0, 0.1) is 11.3 Å². The third kappa shape index (κ3) is 9.17. The van der Waals surface area contributed by atoms with Crippen LogP contribution in [0.1, 0.15) is 102 Å². The summed E-state index contributed by atoms with van der Waals surface area (Å²) in [6.45, 7) is 7.56. The molecular weight excluding hydrogens is 706 g/mol. The number of ketones is 1. The Morgan fingerprint density at radius 1 is 0.981 bits per heavy atom. The maximum absolute atomic E-state index is 14.7. The molecular formula is C42H54ClN5O6. The summed E-state index contributed by atoms with van der Waals surface area (Å²) in [4.78, 5) is 77.1. The predicted octanol–water partition coefficient (Wildman–Crippen LogP) is 5.19. The molecule has 4 N–H and O–H groups in total. The summed E-state index contributed by atoms with van der Waals surface area (Å²) in [5, 5.41) is 9.32. The largest absolute Gasteiger partial charge is 0.346 e. The van der Waals surface area contributed by atoms with Crippen molar-refractivity contribution in [2.24, 2.45) is 11.3 Å². The number of Topliss-reactive ketones (excluding diaryl/α,β-unsaturated/α-hetero) is 1. The minimum atomic E-state index is -1.09. The molecule has 2 heterocycles. The number of hydrogen-bond donors (Lipinski definition) is 4. The number of nitrogens with one attached hydrogen (secondary N) is 4. The molecule has 6 rings (SSSR count). The van der Waals surface area contributed by atoms with Crippen LogP contribution in [0.15, 0.2) is 54.6 Å². The lowest BCUT2D eigenvalue weighted by molar-refractivity contribution is -0.145. The molecule has 0 unspecified atom stereocenters. The van der Waals surface area contributed by atoms with Crippen molar-refractivity contribution >= 4 is 46.7 Å². The van der Waals surface area contributed by atoms with Crippen LogP contribution in [0.25, 0.3) is 5.70 Å². The highest BCUT2D eigenvalue weighted by Gasteiger charge is 2.54. The van der Waals surface area contributed by atoms with E-state index in [9.17, 15) is 24.0 Å². The highest BCUT2D eigenvalue weighted by atomic mass is 35.5. The van der Waals surface area contributed by atoms with Crippen molar-refractivity contribution in [3.8, 4) is 0 Å². The van der Waals surface area contributed by atoms with E-state index in [1.165, 1.54) is 11.3 Å². The molecule has 4 aliphatic rings. The average molecular weight is 760 g/mol. The molecule has 4 atom stereocenters. The molecule has 290 valence electrons. The van der Waals surface area contributed by atoms with E-state index < -0.39 is 52.6 Å². The Hall–Kier alpha value is -4.22. The van der Waals surface area contributed by atoms with Gasteiger partial charge in [-0.3, -0.25) is 34.3 Å². The van der Waals surface area contributed by atoms with Crippen molar-refractivity contribution in [3.63, 3.8) is 0 Å². The van der Waals surface area contributed by atoms with Gasteiger partial charge in [0, 0.05) is 29.5 Å². The van der Waals surface area contributed by atoms with Crippen LogP contribution in [0.3, 0.4) is 0 Å². The van der Waals surface area contributed by atoms with Gasteiger partial charge in [-0.15, -0.1) is 0 Å². The summed E-state index contributed by atoms with van der Waals surface area (Å²) in [7, 11) is 0. The zero-order valence-electron chi connectivity index (χ0n) is 31.8. The van der Waals surface area contributed by atoms with Crippen LogP contribution in [-0.2, 0) is 41.7 Å². The van der Waals surface area contributed by atoms with Crippen molar-refractivity contribution < 1.29 is 28.8 Å². The van der Waals surface area contributed by atoms with Crippen molar-refractivity contribution in [1.82, 2.24) is 26.3 Å². The lowest BCUT2D eigenvalue weighted by atomic mass is 9.84. The maximum Gasteiger partial charge on any atom is 0.289 e. The van der Waals surface area contributed by atoms with Gasteiger partial charge >= 0.3 is 0 Å². The van der Waals surface area contributed by atoms with E-state index in [0.717, 1.165) is 42.4 Å². The Balaban J connectivity index is 1.22. The molecule has 0 aromatic heterocycles. The van der Waals surface area contributed by atoms with Crippen molar-refractivity contribution in [3.05, 3.63) is 76.3 Å². The van der Waals surface area contributed by atoms with Gasteiger partial charge in [-0.2, -0.15) is 0 Å². The normalized spacial score (nSPS) is 22.6. The van der Waals surface area contributed by atoms with Crippen LogP contribution in [0.2, 0.25) is 5.02 Å². The van der Waals surface area contributed by atoms with Gasteiger partial charge in [0.05, 0.1) is 18.3 Å². The topological polar surface area (TPSA) is 146 Å². The molecule has 54 heavy (non-hydrogen) atoms. The number of benzene rings is 2. The van der Waals surface area contributed by atoms with Crippen molar-refractivity contribution in [2.45, 2.75) is 128 Å². The minimum Gasteiger partial charge on any atom is -0.346 e. The minimum absolute atomic E-state index is 0.0151. The van der Waals surface area contributed by atoms with Gasteiger partial charge in [-0.1, -0.05) is 101 Å². The molecule has 2 aliphatic heterocycles. The second-order valence-corrected chi connectivity index (χ2v) is 17.1. The van der Waals surface area contributed by atoms with Crippen LogP contribution < -0.4 is 21.4 Å². The fourth-order valence-corrected chi connectivity index (χ4v) is 8.60. The summed E-state index contributed by atoms with van der Waals surface area (Å²) < 4.78 is 0. The lowest BCUT2D eigenvalue weighted by Crippen LogP contribution is -2.59. The summed E-state index contributed by atoms with van der Waals surface area (Å²) in [6, 6.07) is 11.9. The van der Waals surface area contributed by atoms with E-state index in [2.05, 4.69) is 21.4 Å². The van der Waals surface area contributed by atoms with Gasteiger partial charge in [0.25, 0.3) is 5.91 Å². The first-order valence-corrected chi connectivity index (χ1v) is 19.9. The highest BCUT2D eigenvalue weighted by molar-refractivity contribution is 6.38. The predicted molar refractivity (Wildman–Crippen MR) is 207 cm³/mol. The van der Waals surface area contributed by atoms with E-state index >= 15 is 0 Å². The van der Waals surface area contributed by atoms with Gasteiger partial charge in [-0.05, 0) is 72.8 Å². The zero-order valence-corrected chi connectivity index (χ0v) is 32.6. The molecule has 12 heteroatoms. The molecule has 1 spiro atoms. The van der Waals surface area contributed by atoms with Gasteiger partial charge < -0.3 is 20.9 Å². The van der Waals surface area contributed by atoms with E-state index in [-0.39, 0.29) is 37.3 Å². The number of carbonyl (C=O) groups excluding carboxylic acids is 5. The van der Waals surface area contributed by atoms with E-state index in [1.807, 2.05) is 70.2 Å². The Morgan fingerprint density at radius 2 is 1.69 bits per heavy atom. The highest BCUT2D eigenvalue weighted by Crippen LogP contribution is 2.39. The SMILES string of the molecule is CCC[C@H](NC(=O)[C@@H]1C[C@]2(C=C(c3cccc(Cl)c3)NO2)CN1C(=O)[C@@H](NC(=O)CC1CCCCC1)C(C)(C)C)C(=O)C(=O)NC1Cc2ccccc2C1.